The minimum atomic E-state index is 0.284. The minimum Gasteiger partial charge on any atom is -0.299 e. The molecule has 0 unspecified atom stereocenters. The Morgan fingerprint density at radius 2 is 2.00 bits per heavy atom. The number of carbonyl (C=O) groups is 1. The molecule has 0 spiro atoms. The van der Waals surface area contributed by atoms with Crippen molar-refractivity contribution >= 4 is 44.4 Å². The van der Waals surface area contributed by atoms with Crippen molar-refractivity contribution in [2.75, 3.05) is 0 Å². The summed E-state index contributed by atoms with van der Waals surface area (Å²) >= 11 is 6.66. The third-order valence-electron chi connectivity index (χ3n) is 1.95. The van der Waals surface area contributed by atoms with Crippen LogP contribution < -0.4 is 0 Å². The van der Waals surface area contributed by atoms with E-state index in [2.05, 4.69) is 15.9 Å². The summed E-state index contributed by atoms with van der Waals surface area (Å²) in [5.41, 5.74) is 0. The first-order chi connectivity index (χ1) is 7.24. The number of carbonyl (C=O) groups excluding carboxylic acids is 1. The van der Waals surface area contributed by atoms with Gasteiger partial charge in [0.15, 0.2) is 0 Å². The normalized spacial score (nSPS) is 10.5. The fraction of sp³-hybridized carbons (Fsp3) is 0.182. The Kier molecular flexibility index (Phi) is 3.72. The third kappa shape index (κ3) is 3.26. The van der Waals surface area contributed by atoms with Gasteiger partial charge in [0.25, 0.3) is 0 Å². The lowest BCUT2D eigenvalue weighted by Gasteiger charge is -1.95. The molecule has 4 heteroatoms. The van der Waals surface area contributed by atoms with Crippen LogP contribution in [0.4, 0.5) is 0 Å². The molecule has 0 aliphatic rings. The summed E-state index contributed by atoms with van der Waals surface area (Å²) in [5, 5.41) is 2.00. The van der Waals surface area contributed by atoms with Gasteiger partial charge in [-0.1, -0.05) is 6.07 Å². The van der Waals surface area contributed by atoms with Crippen LogP contribution >= 0.6 is 38.6 Å². The van der Waals surface area contributed by atoms with Crippen molar-refractivity contribution in [3.63, 3.8) is 0 Å². The fourth-order valence-corrected chi connectivity index (χ4v) is 3.56. The number of ketones is 1. The second kappa shape index (κ2) is 5.05. The molecule has 0 aromatic carbocycles. The van der Waals surface area contributed by atoms with Crippen LogP contribution in [0.1, 0.15) is 9.75 Å². The van der Waals surface area contributed by atoms with Crippen molar-refractivity contribution in [3.8, 4) is 0 Å². The quantitative estimate of drug-likeness (QED) is 0.836. The molecular weight excluding hydrogens is 292 g/mol. The maximum atomic E-state index is 11.7. The van der Waals surface area contributed by atoms with Gasteiger partial charge in [0.2, 0.25) is 0 Å². The summed E-state index contributed by atoms with van der Waals surface area (Å²) in [7, 11) is 0. The Morgan fingerprint density at radius 1 is 1.20 bits per heavy atom. The highest BCUT2D eigenvalue weighted by molar-refractivity contribution is 9.11. The van der Waals surface area contributed by atoms with Crippen molar-refractivity contribution in [1.82, 2.24) is 0 Å². The number of rotatable bonds is 4. The van der Waals surface area contributed by atoms with E-state index in [0.717, 1.165) is 13.5 Å². The molecule has 0 aliphatic heterocycles. The molecule has 0 aliphatic carbocycles. The Hall–Kier alpha value is -0.450. The lowest BCUT2D eigenvalue weighted by Crippen LogP contribution is -2.03. The van der Waals surface area contributed by atoms with E-state index in [1.165, 1.54) is 0 Å². The van der Waals surface area contributed by atoms with Crippen molar-refractivity contribution in [1.29, 1.82) is 0 Å². The molecule has 1 nitrogen and oxygen atoms in total. The number of hydrogen-bond donors (Lipinski definition) is 0. The van der Waals surface area contributed by atoms with Crippen molar-refractivity contribution in [3.05, 3.63) is 43.2 Å². The van der Waals surface area contributed by atoms with Gasteiger partial charge in [-0.25, -0.2) is 0 Å². The fourth-order valence-electron chi connectivity index (χ4n) is 1.31. The molecule has 0 saturated heterocycles. The highest BCUT2D eigenvalue weighted by atomic mass is 79.9. The van der Waals surface area contributed by atoms with Crippen LogP contribution in [0.25, 0.3) is 0 Å². The number of Topliss-reactive ketones (excluding diaryl/α,β-unsaturated/α-hetero) is 1. The Balaban J connectivity index is 1.93. The first kappa shape index (κ1) is 11.0. The zero-order chi connectivity index (χ0) is 10.7. The number of halogens is 1. The van der Waals surface area contributed by atoms with E-state index in [9.17, 15) is 4.79 Å². The van der Waals surface area contributed by atoms with E-state index in [1.807, 2.05) is 29.6 Å². The van der Waals surface area contributed by atoms with E-state index in [0.29, 0.717) is 12.8 Å². The average Bonchev–Trinajstić information content (AvgIpc) is 2.77. The largest absolute Gasteiger partial charge is 0.299 e. The lowest BCUT2D eigenvalue weighted by molar-refractivity contribution is -0.117. The minimum absolute atomic E-state index is 0.284. The highest BCUT2D eigenvalue weighted by Gasteiger charge is 2.07. The summed E-state index contributed by atoms with van der Waals surface area (Å²) in [6, 6.07) is 7.97. The lowest BCUT2D eigenvalue weighted by atomic mass is 10.2. The van der Waals surface area contributed by atoms with E-state index in [-0.39, 0.29) is 5.78 Å². The molecule has 2 aromatic rings. The molecule has 15 heavy (non-hydrogen) atoms. The predicted octanol–water partition coefficient (Wildman–Crippen LogP) is 3.93. The molecule has 2 heterocycles. The van der Waals surface area contributed by atoms with E-state index < -0.39 is 0 Å². The molecule has 0 fully saturated rings. The highest BCUT2D eigenvalue weighted by Crippen LogP contribution is 2.23. The Labute approximate surface area is 105 Å². The van der Waals surface area contributed by atoms with Gasteiger partial charge >= 0.3 is 0 Å². The molecule has 0 atom stereocenters. The summed E-state index contributed by atoms with van der Waals surface area (Å²) in [4.78, 5) is 14.0. The van der Waals surface area contributed by atoms with Crippen LogP contribution in [0.5, 0.6) is 0 Å². The average molecular weight is 301 g/mol. The first-order valence-electron chi connectivity index (χ1n) is 4.52. The van der Waals surface area contributed by atoms with Gasteiger partial charge in [-0.2, -0.15) is 0 Å². The van der Waals surface area contributed by atoms with Gasteiger partial charge in [-0.15, -0.1) is 22.7 Å². The molecule has 78 valence electrons. The topological polar surface area (TPSA) is 17.1 Å². The molecule has 0 N–H and O–H groups in total. The van der Waals surface area contributed by atoms with Crippen LogP contribution in [0.3, 0.4) is 0 Å². The smallest absolute Gasteiger partial charge is 0.143 e. The van der Waals surface area contributed by atoms with Crippen molar-refractivity contribution in [2.24, 2.45) is 0 Å². The van der Waals surface area contributed by atoms with Gasteiger partial charge in [0.1, 0.15) is 5.78 Å². The third-order valence-corrected chi connectivity index (χ3v) is 4.45. The van der Waals surface area contributed by atoms with Crippen LogP contribution in [0.2, 0.25) is 0 Å². The van der Waals surface area contributed by atoms with Gasteiger partial charge in [0.05, 0.1) is 3.79 Å². The van der Waals surface area contributed by atoms with E-state index in [4.69, 9.17) is 0 Å². The summed E-state index contributed by atoms with van der Waals surface area (Å²) in [5.74, 6) is 0.284. The van der Waals surface area contributed by atoms with Crippen molar-refractivity contribution < 1.29 is 4.79 Å². The molecule has 0 saturated carbocycles. The standard InChI is InChI=1S/C11H9BrOS2/c12-11-4-3-10(15-11)7-8(13)6-9-2-1-5-14-9/h1-5H,6-7H2. The maximum Gasteiger partial charge on any atom is 0.143 e. The first-order valence-corrected chi connectivity index (χ1v) is 7.01. The zero-order valence-corrected chi connectivity index (χ0v) is 11.1. The summed E-state index contributed by atoms with van der Waals surface area (Å²) < 4.78 is 1.08. The number of thiophene rings is 2. The number of hydrogen-bond acceptors (Lipinski definition) is 3. The molecule has 2 aromatic heterocycles. The molecule has 0 amide bonds. The second-order valence-corrected chi connectivity index (χ2v) is 6.76. The van der Waals surface area contributed by atoms with Crippen molar-refractivity contribution in [2.45, 2.75) is 12.8 Å². The zero-order valence-electron chi connectivity index (χ0n) is 7.90. The summed E-state index contributed by atoms with van der Waals surface area (Å²) in [6.07, 6.45) is 1.11. The summed E-state index contributed by atoms with van der Waals surface area (Å²) in [6.45, 7) is 0. The SMILES string of the molecule is O=C(Cc1cccs1)Cc1ccc(Br)s1. The Bertz CT molecular complexity index is 445. The predicted molar refractivity (Wildman–Crippen MR) is 68.8 cm³/mol. The van der Waals surface area contributed by atoms with Crippen LogP contribution in [-0.2, 0) is 17.6 Å². The molecule has 2 rings (SSSR count). The van der Waals surface area contributed by atoms with E-state index in [1.54, 1.807) is 22.7 Å². The second-order valence-electron chi connectivity index (χ2n) is 3.18. The molecule has 0 radical (unpaired) electrons. The Morgan fingerprint density at radius 3 is 2.60 bits per heavy atom. The monoisotopic (exact) mass is 300 g/mol. The van der Waals surface area contributed by atoms with E-state index >= 15 is 0 Å². The van der Waals surface area contributed by atoms with Crippen LogP contribution in [0, 0.1) is 0 Å². The maximum absolute atomic E-state index is 11.7. The van der Waals surface area contributed by atoms with Crippen LogP contribution in [-0.4, -0.2) is 5.78 Å². The van der Waals surface area contributed by atoms with Gasteiger partial charge in [-0.3, -0.25) is 4.79 Å². The van der Waals surface area contributed by atoms with Gasteiger partial charge in [-0.05, 0) is 39.5 Å². The van der Waals surface area contributed by atoms with Gasteiger partial charge < -0.3 is 0 Å². The van der Waals surface area contributed by atoms with Crippen LogP contribution in [0.15, 0.2) is 33.4 Å². The molecule has 0 bridgehead atoms. The van der Waals surface area contributed by atoms with Gasteiger partial charge in [0, 0.05) is 22.6 Å². The molecular formula is C11H9BrOS2.